The first-order valence-electron chi connectivity index (χ1n) is 14.1. The summed E-state index contributed by atoms with van der Waals surface area (Å²) in [7, 11) is 1.63. The van der Waals surface area contributed by atoms with Gasteiger partial charge >= 0.3 is 0 Å². The molecule has 1 saturated carbocycles. The van der Waals surface area contributed by atoms with Gasteiger partial charge in [-0.3, -0.25) is 9.79 Å². The quantitative estimate of drug-likeness (QED) is 0.245. The Bertz CT molecular complexity index is 1190. The molecule has 1 fully saturated rings. The Hall–Kier alpha value is -3.13. The summed E-state index contributed by atoms with van der Waals surface area (Å²) in [6, 6.07) is 13.0. The maximum atomic E-state index is 13.2. The number of phenolic OH excluding ortho intramolecular Hbond substituents is 1. The fraction of sp³-hybridized carbons (Fsp3) is 0.531. The van der Waals surface area contributed by atoms with Crippen molar-refractivity contribution in [2.24, 2.45) is 10.4 Å². The Morgan fingerprint density at radius 3 is 2.42 bits per heavy atom. The van der Waals surface area contributed by atoms with Gasteiger partial charge in [0.1, 0.15) is 17.5 Å². The Morgan fingerprint density at radius 2 is 1.80 bits per heavy atom. The highest BCUT2D eigenvalue weighted by Crippen LogP contribution is 2.36. The monoisotopic (exact) mass is 566 g/mol. The van der Waals surface area contributed by atoms with Crippen LogP contribution in [0, 0.1) is 5.41 Å². The van der Waals surface area contributed by atoms with E-state index in [9.17, 15) is 9.90 Å². The van der Waals surface area contributed by atoms with Crippen molar-refractivity contribution >= 4 is 29.5 Å². The maximum absolute atomic E-state index is 13.2. The average Bonchev–Trinajstić information content (AvgIpc) is 2.90. The molecule has 7 nitrogen and oxygen atoms in total. The second-order valence-corrected chi connectivity index (χ2v) is 13.1. The number of methoxy groups -OCH3 is 1. The maximum Gasteiger partial charge on any atom is 0.243 e. The van der Waals surface area contributed by atoms with Crippen molar-refractivity contribution in [1.82, 2.24) is 16.0 Å². The minimum Gasteiger partial charge on any atom is -0.507 e. The van der Waals surface area contributed by atoms with Crippen LogP contribution >= 0.6 is 12.2 Å². The number of hydrogen-bond acceptors (Lipinski definition) is 5. The van der Waals surface area contributed by atoms with Crippen LogP contribution in [0.4, 0.5) is 0 Å². The summed E-state index contributed by atoms with van der Waals surface area (Å²) < 4.78 is 5.49. The zero-order valence-corrected chi connectivity index (χ0v) is 25.8. The van der Waals surface area contributed by atoms with E-state index in [-0.39, 0.29) is 34.6 Å². The predicted octanol–water partition coefficient (Wildman–Crippen LogP) is 5.62. The zero-order chi connectivity index (χ0) is 29.5. The Morgan fingerprint density at radius 1 is 1.12 bits per heavy atom. The third-order valence-electron chi connectivity index (χ3n) is 7.32. The third-order valence-corrected chi connectivity index (χ3v) is 7.56. The van der Waals surface area contributed by atoms with Crippen molar-refractivity contribution in [3.8, 4) is 11.5 Å². The molecule has 3 atom stereocenters. The molecular formula is C32H46N4O3S. The lowest BCUT2D eigenvalue weighted by atomic mass is 9.85. The molecular weight excluding hydrogens is 520 g/mol. The van der Waals surface area contributed by atoms with Gasteiger partial charge in [-0.25, -0.2) is 0 Å². The van der Waals surface area contributed by atoms with Crippen molar-refractivity contribution in [1.29, 1.82) is 0 Å². The van der Waals surface area contributed by atoms with Crippen LogP contribution < -0.4 is 20.7 Å². The Kier molecular flexibility index (Phi) is 10.6. The average molecular weight is 567 g/mol. The van der Waals surface area contributed by atoms with Crippen molar-refractivity contribution < 1.29 is 14.6 Å². The summed E-state index contributed by atoms with van der Waals surface area (Å²) in [5.74, 6) is 0.817. The molecule has 218 valence electrons. The summed E-state index contributed by atoms with van der Waals surface area (Å²) in [4.78, 5) is 18.1. The molecule has 1 aliphatic rings. The number of rotatable bonds is 8. The van der Waals surface area contributed by atoms with Crippen LogP contribution in [0.3, 0.4) is 0 Å². The van der Waals surface area contributed by atoms with E-state index in [1.54, 1.807) is 13.3 Å². The van der Waals surface area contributed by atoms with Crippen molar-refractivity contribution in [2.45, 2.75) is 97.3 Å². The minimum absolute atomic E-state index is 0.0165. The number of aromatic hydroxyl groups is 1. The first-order valence-corrected chi connectivity index (χ1v) is 14.5. The molecule has 1 amide bonds. The fourth-order valence-electron chi connectivity index (χ4n) is 4.96. The van der Waals surface area contributed by atoms with Crippen LogP contribution in [0.5, 0.6) is 11.5 Å². The van der Waals surface area contributed by atoms with Crippen molar-refractivity contribution in [3.63, 3.8) is 0 Å². The van der Waals surface area contributed by atoms with Crippen LogP contribution in [0.25, 0.3) is 0 Å². The van der Waals surface area contributed by atoms with Crippen molar-refractivity contribution in [2.75, 3.05) is 7.11 Å². The van der Waals surface area contributed by atoms with Gasteiger partial charge in [0.05, 0.1) is 19.2 Å². The molecule has 40 heavy (non-hydrogen) atoms. The summed E-state index contributed by atoms with van der Waals surface area (Å²) in [6.07, 6.45) is 5.73. The standard InChI is InChI=1S/C32H46N4O3S/c1-31(2,3)24-18-23(39-7)17-22(27(24)37)20-33-25-15-11-12-16-26(25)35-30(40)36-28(32(4,5)6)29(38)34-19-21-13-9-8-10-14-21/h8-10,13-14,17-18,20,25-26,28,37H,11-12,15-16,19H2,1-7H3,(H,34,38)(H2,35,36,40)/t25-,26-,28+/m1/s1. The molecule has 0 aromatic heterocycles. The van der Waals surface area contributed by atoms with Gasteiger partial charge in [0.15, 0.2) is 5.11 Å². The highest BCUT2D eigenvalue weighted by molar-refractivity contribution is 7.80. The largest absolute Gasteiger partial charge is 0.507 e. The van der Waals surface area contributed by atoms with E-state index in [1.807, 2.05) is 63.2 Å². The highest BCUT2D eigenvalue weighted by Gasteiger charge is 2.33. The molecule has 0 spiro atoms. The van der Waals surface area contributed by atoms with E-state index in [1.165, 1.54) is 0 Å². The smallest absolute Gasteiger partial charge is 0.243 e. The van der Waals surface area contributed by atoms with Crippen LogP contribution in [-0.4, -0.2) is 47.6 Å². The first-order chi connectivity index (χ1) is 18.8. The molecule has 0 saturated heterocycles. The molecule has 2 aromatic rings. The van der Waals surface area contributed by atoms with E-state index in [2.05, 4.69) is 36.7 Å². The predicted molar refractivity (Wildman–Crippen MR) is 167 cm³/mol. The first kappa shape index (κ1) is 31.4. The van der Waals surface area contributed by atoms with Gasteiger partial charge in [-0.2, -0.15) is 0 Å². The SMILES string of the molecule is COc1cc(C=N[C@@H]2CCCC[C@H]2NC(=S)N[C@@H](C(=O)NCc2ccccc2)C(C)(C)C)c(O)c(C(C)(C)C)c1. The Labute approximate surface area is 245 Å². The van der Waals surface area contributed by atoms with Gasteiger partial charge in [-0.1, -0.05) is 84.7 Å². The molecule has 0 radical (unpaired) electrons. The number of phenols is 1. The zero-order valence-electron chi connectivity index (χ0n) is 25.0. The summed E-state index contributed by atoms with van der Waals surface area (Å²) in [6.45, 7) is 12.7. The van der Waals surface area contributed by atoms with Crippen molar-refractivity contribution in [3.05, 3.63) is 59.2 Å². The molecule has 1 aliphatic carbocycles. The van der Waals surface area contributed by atoms with Gasteiger partial charge in [-0.15, -0.1) is 0 Å². The lowest BCUT2D eigenvalue weighted by Gasteiger charge is -2.34. The highest BCUT2D eigenvalue weighted by atomic mass is 32.1. The summed E-state index contributed by atoms with van der Waals surface area (Å²) in [5.41, 5.74) is 1.90. The van der Waals surface area contributed by atoms with E-state index < -0.39 is 6.04 Å². The van der Waals surface area contributed by atoms with Gasteiger partial charge in [0.25, 0.3) is 0 Å². The molecule has 8 heteroatoms. The molecule has 0 heterocycles. The molecule has 4 N–H and O–H groups in total. The lowest BCUT2D eigenvalue weighted by Crippen LogP contribution is -2.58. The molecule has 2 aromatic carbocycles. The molecule has 0 unspecified atom stereocenters. The van der Waals surface area contributed by atoms with Gasteiger partial charge < -0.3 is 25.8 Å². The van der Waals surface area contributed by atoms with Crippen LogP contribution in [0.2, 0.25) is 0 Å². The number of amides is 1. The van der Waals surface area contributed by atoms with E-state index in [0.29, 0.717) is 23.0 Å². The number of carbonyl (C=O) groups excluding carboxylic acids is 1. The number of nitrogens with zero attached hydrogens (tertiary/aromatic N) is 1. The van der Waals surface area contributed by atoms with Gasteiger partial charge in [0, 0.05) is 23.9 Å². The van der Waals surface area contributed by atoms with Crippen LogP contribution in [0.1, 0.15) is 83.9 Å². The number of ether oxygens (including phenoxy) is 1. The second kappa shape index (κ2) is 13.5. The van der Waals surface area contributed by atoms with E-state index in [4.69, 9.17) is 21.9 Å². The normalized spacial score (nSPS) is 18.7. The van der Waals surface area contributed by atoms with Crippen LogP contribution in [0.15, 0.2) is 47.5 Å². The summed E-state index contributed by atoms with van der Waals surface area (Å²) in [5, 5.41) is 21.2. The minimum atomic E-state index is -0.508. The number of thiocarbonyl (C=S) groups is 1. The number of carbonyl (C=O) groups is 1. The molecule has 0 bridgehead atoms. The second-order valence-electron chi connectivity index (χ2n) is 12.7. The number of hydrogen-bond donors (Lipinski definition) is 4. The summed E-state index contributed by atoms with van der Waals surface area (Å²) >= 11 is 5.71. The van der Waals surface area contributed by atoms with Crippen LogP contribution in [-0.2, 0) is 16.8 Å². The number of aliphatic imine (C=N–C) groups is 1. The lowest BCUT2D eigenvalue weighted by molar-refractivity contribution is -0.125. The van der Waals surface area contributed by atoms with E-state index >= 15 is 0 Å². The number of nitrogens with one attached hydrogen (secondary N) is 3. The fourth-order valence-corrected chi connectivity index (χ4v) is 5.22. The Balaban J connectivity index is 1.71. The molecule has 3 rings (SSSR count). The van der Waals surface area contributed by atoms with E-state index in [0.717, 1.165) is 36.8 Å². The molecule has 0 aliphatic heterocycles. The topological polar surface area (TPSA) is 95.0 Å². The van der Waals surface area contributed by atoms with Gasteiger partial charge in [-0.05, 0) is 53.6 Å². The third kappa shape index (κ3) is 8.68. The van der Waals surface area contributed by atoms with Gasteiger partial charge in [0.2, 0.25) is 5.91 Å². The number of benzene rings is 2.